The van der Waals surface area contributed by atoms with E-state index in [4.69, 9.17) is 22.3 Å². The molecule has 0 aliphatic carbocycles. The first kappa shape index (κ1) is 22.7. The standard InChI is InChI=1S/C25H28ClN7OS/c1-32-7-3-4-15(32)12-29-23-24(34)33(13-14-10-28-11-14)20-9-18(26)17(8-19(20)30-23)16-5-2-6-21-22(16)31-25(27)35-21/h2,5-6,8-9,14-15,28H,3-4,7,10-13H2,1H3,(H2,27,31)(H,29,30)/t15-/m0/s1. The summed E-state index contributed by atoms with van der Waals surface area (Å²) in [7, 11) is 2.13. The second kappa shape index (κ2) is 9.05. The van der Waals surface area contributed by atoms with Gasteiger partial charge in [0.2, 0.25) is 0 Å². The fourth-order valence-electron chi connectivity index (χ4n) is 5.14. The molecule has 2 aromatic carbocycles. The first-order valence-corrected chi connectivity index (χ1v) is 13.2. The van der Waals surface area contributed by atoms with E-state index in [-0.39, 0.29) is 5.56 Å². The summed E-state index contributed by atoms with van der Waals surface area (Å²) < 4.78 is 2.85. The van der Waals surface area contributed by atoms with Crippen LogP contribution in [0.1, 0.15) is 12.8 Å². The van der Waals surface area contributed by atoms with Gasteiger partial charge >= 0.3 is 0 Å². The van der Waals surface area contributed by atoms with Crippen molar-refractivity contribution in [3.8, 4) is 11.1 Å². The van der Waals surface area contributed by atoms with Gasteiger partial charge in [-0.25, -0.2) is 9.97 Å². The molecule has 6 rings (SSSR count). The van der Waals surface area contributed by atoms with Crippen molar-refractivity contribution in [3.63, 3.8) is 0 Å². The van der Waals surface area contributed by atoms with E-state index in [1.165, 1.54) is 17.8 Å². The maximum absolute atomic E-state index is 13.5. The molecule has 4 aromatic rings. The van der Waals surface area contributed by atoms with Crippen molar-refractivity contribution in [2.75, 3.05) is 44.3 Å². The minimum absolute atomic E-state index is 0.0942. The Hall–Kier alpha value is -2.72. The van der Waals surface area contributed by atoms with Crippen LogP contribution in [0.25, 0.3) is 32.4 Å². The summed E-state index contributed by atoms with van der Waals surface area (Å²) in [5.74, 6) is 0.812. The van der Waals surface area contributed by atoms with Gasteiger partial charge in [-0.05, 0) is 44.6 Å². The molecule has 0 radical (unpaired) electrons. The van der Waals surface area contributed by atoms with E-state index >= 15 is 0 Å². The van der Waals surface area contributed by atoms with Gasteiger partial charge in [-0.1, -0.05) is 35.1 Å². The Morgan fingerprint density at radius 3 is 2.86 bits per heavy atom. The predicted molar refractivity (Wildman–Crippen MR) is 145 cm³/mol. The van der Waals surface area contributed by atoms with Crippen molar-refractivity contribution in [1.82, 2.24) is 24.8 Å². The van der Waals surface area contributed by atoms with Gasteiger partial charge in [0.1, 0.15) is 0 Å². The van der Waals surface area contributed by atoms with Crippen LogP contribution in [0, 0.1) is 5.92 Å². The predicted octanol–water partition coefficient (Wildman–Crippen LogP) is 3.63. The van der Waals surface area contributed by atoms with Gasteiger partial charge in [0, 0.05) is 49.3 Å². The number of anilines is 2. The number of rotatable bonds is 6. The Bertz CT molecular complexity index is 1480. The van der Waals surface area contributed by atoms with Crippen LogP contribution in [0.2, 0.25) is 5.02 Å². The minimum Gasteiger partial charge on any atom is -0.375 e. The molecule has 0 unspecified atom stereocenters. The van der Waals surface area contributed by atoms with Crippen LogP contribution in [-0.4, -0.2) is 58.7 Å². The summed E-state index contributed by atoms with van der Waals surface area (Å²) in [6.45, 7) is 4.24. The van der Waals surface area contributed by atoms with Gasteiger partial charge in [-0.3, -0.25) is 4.79 Å². The monoisotopic (exact) mass is 509 g/mol. The highest BCUT2D eigenvalue weighted by molar-refractivity contribution is 7.22. The maximum atomic E-state index is 13.5. The number of aromatic nitrogens is 3. The third kappa shape index (κ3) is 4.16. The van der Waals surface area contributed by atoms with E-state index in [1.54, 1.807) is 0 Å². The Kier molecular flexibility index (Phi) is 5.88. The van der Waals surface area contributed by atoms with Crippen LogP contribution in [0.5, 0.6) is 0 Å². The molecule has 35 heavy (non-hydrogen) atoms. The number of nitrogen functional groups attached to an aromatic ring is 1. The lowest BCUT2D eigenvalue weighted by atomic mass is 10.0. The quantitative estimate of drug-likeness (QED) is 0.365. The first-order valence-electron chi connectivity index (χ1n) is 12.0. The van der Waals surface area contributed by atoms with Crippen molar-refractivity contribution in [3.05, 3.63) is 45.7 Å². The Labute approximate surface area is 212 Å². The van der Waals surface area contributed by atoms with Crippen molar-refractivity contribution in [1.29, 1.82) is 0 Å². The van der Waals surface area contributed by atoms with Gasteiger partial charge in [-0.15, -0.1) is 0 Å². The Morgan fingerprint density at radius 1 is 1.26 bits per heavy atom. The number of thiazole rings is 1. The number of nitrogens with two attached hydrogens (primary N) is 1. The summed E-state index contributed by atoms with van der Waals surface area (Å²) in [5, 5.41) is 7.75. The Morgan fingerprint density at radius 2 is 2.11 bits per heavy atom. The van der Waals surface area contributed by atoms with Crippen LogP contribution in [-0.2, 0) is 6.54 Å². The summed E-state index contributed by atoms with van der Waals surface area (Å²) >= 11 is 8.28. The molecular formula is C25H28ClN7OS. The van der Waals surface area contributed by atoms with Gasteiger partial charge in [0.25, 0.3) is 5.56 Å². The molecule has 2 aliphatic heterocycles. The van der Waals surface area contributed by atoms with Crippen LogP contribution < -0.4 is 21.9 Å². The number of nitrogens with one attached hydrogen (secondary N) is 2. The average Bonchev–Trinajstić information content (AvgIpc) is 3.40. The molecule has 1 atom stereocenters. The summed E-state index contributed by atoms with van der Waals surface area (Å²) in [6, 6.07) is 10.2. The number of likely N-dealkylation sites (tertiary alicyclic amines) is 1. The fraction of sp³-hybridized carbons (Fsp3) is 0.400. The maximum Gasteiger partial charge on any atom is 0.293 e. The zero-order valence-electron chi connectivity index (χ0n) is 19.6. The van der Waals surface area contributed by atoms with Crippen molar-refractivity contribution in [2.45, 2.75) is 25.4 Å². The molecule has 4 N–H and O–H groups in total. The molecule has 0 saturated carbocycles. The zero-order valence-corrected chi connectivity index (χ0v) is 21.1. The SMILES string of the molecule is CN1CCC[C@H]1CNc1nc2cc(-c3cccc4sc(N)nc34)c(Cl)cc2n(CC2CNC2)c1=O. The Balaban J connectivity index is 1.47. The van der Waals surface area contributed by atoms with E-state index in [0.29, 0.717) is 41.0 Å². The number of hydrogen-bond acceptors (Lipinski definition) is 8. The van der Waals surface area contributed by atoms with Crippen LogP contribution >= 0.6 is 22.9 Å². The van der Waals surface area contributed by atoms with E-state index in [0.717, 1.165) is 58.4 Å². The summed E-state index contributed by atoms with van der Waals surface area (Å²) in [6.07, 6.45) is 2.31. The summed E-state index contributed by atoms with van der Waals surface area (Å²) in [4.78, 5) is 25.2. The van der Waals surface area contributed by atoms with Crippen LogP contribution in [0.15, 0.2) is 35.1 Å². The lowest BCUT2D eigenvalue weighted by Gasteiger charge is -2.28. The molecule has 182 valence electrons. The number of para-hydroxylation sites is 1. The highest BCUT2D eigenvalue weighted by Gasteiger charge is 2.24. The van der Waals surface area contributed by atoms with Gasteiger partial charge in [0.05, 0.1) is 26.3 Å². The highest BCUT2D eigenvalue weighted by atomic mass is 35.5. The fourth-order valence-corrected chi connectivity index (χ4v) is 6.16. The molecule has 2 aliphatic rings. The third-order valence-corrected chi connectivity index (χ3v) is 8.41. The number of nitrogens with zero attached hydrogens (tertiary/aromatic N) is 4. The largest absolute Gasteiger partial charge is 0.375 e. The molecule has 4 heterocycles. The number of halogens is 1. The lowest BCUT2D eigenvalue weighted by molar-refractivity contribution is 0.307. The second-order valence-electron chi connectivity index (χ2n) is 9.58. The van der Waals surface area contributed by atoms with E-state index in [1.807, 2.05) is 34.9 Å². The first-order chi connectivity index (χ1) is 17.0. The molecule has 10 heteroatoms. The highest BCUT2D eigenvalue weighted by Crippen LogP contribution is 2.37. The normalized spacial score (nSPS) is 19.0. The number of hydrogen-bond donors (Lipinski definition) is 3. The molecule has 2 fully saturated rings. The van der Waals surface area contributed by atoms with Gasteiger partial charge in [-0.2, -0.15) is 0 Å². The number of likely N-dealkylation sites (N-methyl/N-ethyl adjacent to an activating group) is 1. The molecule has 0 spiro atoms. The lowest BCUT2D eigenvalue weighted by Crippen LogP contribution is -2.45. The number of fused-ring (bicyclic) bond motifs is 2. The molecule has 0 amide bonds. The molecule has 8 nitrogen and oxygen atoms in total. The van der Waals surface area contributed by atoms with Crippen molar-refractivity contribution >= 4 is 55.1 Å². The number of benzene rings is 2. The molecular weight excluding hydrogens is 482 g/mol. The third-order valence-electron chi connectivity index (χ3n) is 7.24. The second-order valence-corrected chi connectivity index (χ2v) is 11.1. The summed E-state index contributed by atoms with van der Waals surface area (Å²) in [5.41, 5.74) is 9.95. The van der Waals surface area contributed by atoms with Crippen molar-refractivity contribution in [2.24, 2.45) is 5.92 Å². The average molecular weight is 510 g/mol. The topological polar surface area (TPSA) is 101 Å². The van der Waals surface area contributed by atoms with E-state index in [2.05, 4.69) is 27.6 Å². The van der Waals surface area contributed by atoms with Crippen LogP contribution in [0.4, 0.5) is 10.9 Å². The van der Waals surface area contributed by atoms with Gasteiger partial charge < -0.3 is 25.8 Å². The smallest absolute Gasteiger partial charge is 0.293 e. The van der Waals surface area contributed by atoms with Crippen LogP contribution in [0.3, 0.4) is 0 Å². The molecule has 2 aromatic heterocycles. The molecule has 0 bridgehead atoms. The zero-order chi connectivity index (χ0) is 24.1. The minimum atomic E-state index is -0.0942. The van der Waals surface area contributed by atoms with E-state index in [9.17, 15) is 4.79 Å². The van der Waals surface area contributed by atoms with Crippen molar-refractivity contribution < 1.29 is 0 Å². The molecule has 2 saturated heterocycles. The van der Waals surface area contributed by atoms with Gasteiger partial charge in [0.15, 0.2) is 10.9 Å². The van der Waals surface area contributed by atoms with E-state index < -0.39 is 0 Å².